The lowest BCUT2D eigenvalue weighted by Gasteiger charge is -2.23. The Balaban J connectivity index is 1.35. The second-order valence-corrected chi connectivity index (χ2v) is 7.49. The van der Waals surface area contributed by atoms with Gasteiger partial charge in [0.25, 0.3) is 0 Å². The predicted octanol–water partition coefficient (Wildman–Crippen LogP) is 2.31. The van der Waals surface area contributed by atoms with E-state index in [1.165, 1.54) is 38.5 Å². The third kappa shape index (κ3) is 5.08. The summed E-state index contributed by atoms with van der Waals surface area (Å²) >= 11 is 0. The molecule has 3 aliphatic rings. The van der Waals surface area contributed by atoms with Gasteiger partial charge in [0.1, 0.15) is 0 Å². The van der Waals surface area contributed by atoms with Crippen LogP contribution >= 0.6 is 0 Å². The normalized spacial score (nSPS) is 33.5. The molecule has 0 amide bonds. The molecule has 0 aromatic rings. The summed E-state index contributed by atoms with van der Waals surface area (Å²) in [5.41, 5.74) is 0. The van der Waals surface area contributed by atoms with Crippen molar-refractivity contribution in [1.29, 1.82) is 0 Å². The summed E-state index contributed by atoms with van der Waals surface area (Å²) in [6.07, 6.45) is 9.77. The average Bonchev–Trinajstić information content (AvgIpc) is 3.14. The summed E-state index contributed by atoms with van der Waals surface area (Å²) in [6, 6.07) is 0.884. The molecule has 1 heterocycles. The lowest BCUT2D eigenvalue weighted by Crippen LogP contribution is -2.45. The van der Waals surface area contributed by atoms with Gasteiger partial charge >= 0.3 is 0 Å². The molecule has 0 radical (unpaired) electrons. The van der Waals surface area contributed by atoms with E-state index in [2.05, 4.69) is 22.5 Å². The van der Waals surface area contributed by atoms with E-state index in [0.29, 0.717) is 12.6 Å². The van der Waals surface area contributed by atoms with Crippen LogP contribution in [0.1, 0.15) is 51.9 Å². The van der Waals surface area contributed by atoms with Crippen LogP contribution in [0.2, 0.25) is 0 Å². The van der Waals surface area contributed by atoms with E-state index in [1.807, 2.05) is 7.05 Å². The van der Waals surface area contributed by atoms with Crippen molar-refractivity contribution in [3.8, 4) is 0 Å². The van der Waals surface area contributed by atoms with Gasteiger partial charge in [0, 0.05) is 25.7 Å². The quantitative estimate of drug-likeness (QED) is 0.582. The maximum absolute atomic E-state index is 5.88. The van der Waals surface area contributed by atoms with E-state index in [0.717, 1.165) is 37.4 Å². The maximum atomic E-state index is 5.88. The molecule has 0 spiro atoms. The monoisotopic (exact) mass is 323 g/mol. The summed E-state index contributed by atoms with van der Waals surface area (Å²) < 4.78 is 11.2. The van der Waals surface area contributed by atoms with E-state index < -0.39 is 0 Å². The van der Waals surface area contributed by atoms with Crippen LogP contribution in [0.15, 0.2) is 4.99 Å². The molecule has 132 valence electrons. The second kappa shape index (κ2) is 8.34. The van der Waals surface area contributed by atoms with Crippen molar-refractivity contribution < 1.29 is 9.47 Å². The van der Waals surface area contributed by atoms with Gasteiger partial charge in [-0.25, -0.2) is 0 Å². The average molecular weight is 323 g/mol. The Labute approximate surface area is 140 Å². The Morgan fingerprint density at radius 2 is 2.09 bits per heavy atom. The summed E-state index contributed by atoms with van der Waals surface area (Å²) in [6.45, 7) is 4.42. The molecule has 0 aromatic carbocycles. The van der Waals surface area contributed by atoms with Crippen LogP contribution in [0.25, 0.3) is 0 Å². The number of aliphatic imine (C=N–C) groups is 1. The third-order valence-electron chi connectivity index (χ3n) is 5.49. The van der Waals surface area contributed by atoms with Crippen molar-refractivity contribution in [3.63, 3.8) is 0 Å². The molecule has 5 nitrogen and oxygen atoms in total. The highest BCUT2D eigenvalue weighted by Crippen LogP contribution is 2.44. The molecular weight excluding hydrogens is 290 g/mol. The Morgan fingerprint density at radius 1 is 1.26 bits per heavy atom. The highest BCUT2D eigenvalue weighted by Gasteiger charge is 2.43. The molecular formula is C18H33N3O2. The maximum Gasteiger partial charge on any atom is 0.191 e. The van der Waals surface area contributed by atoms with Gasteiger partial charge in [-0.2, -0.15) is 0 Å². The van der Waals surface area contributed by atoms with Crippen LogP contribution in [0, 0.1) is 11.8 Å². The molecule has 2 saturated carbocycles. The van der Waals surface area contributed by atoms with Gasteiger partial charge in [0.05, 0.1) is 19.3 Å². The number of nitrogens with one attached hydrogen (secondary N) is 2. The molecule has 0 bridgehead atoms. The van der Waals surface area contributed by atoms with E-state index in [4.69, 9.17) is 9.47 Å². The molecule has 3 fully saturated rings. The van der Waals surface area contributed by atoms with Gasteiger partial charge in [0.2, 0.25) is 0 Å². The first-order valence-corrected chi connectivity index (χ1v) is 9.45. The minimum absolute atomic E-state index is 0.258. The molecule has 3 rings (SSSR count). The first-order chi connectivity index (χ1) is 11.3. The van der Waals surface area contributed by atoms with Crippen LogP contribution in [0.3, 0.4) is 0 Å². The zero-order chi connectivity index (χ0) is 16.1. The lowest BCUT2D eigenvalue weighted by molar-refractivity contribution is 0.0347. The van der Waals surface area contributed by atoms with Crippen LogP contribution < -0.4 is 10.6 Å². The van der Waals surface area contributed by atoms with Gasteiger partial charge in [-0.15, -0.1) is 0 Å². The van der Waals surface area contributed by atoms with Crippen LogP contribution in [-0.2, 0) is 9.47 Å². The fourth-order valence-electron chi connectivity index (χ4n) is 4.01. The highest BCUT2D eigenvalue weighted by molar-refractivity contribution is 5.80. The SMILES string of the molecule is CN=C(NC(C)COC1CCOC1)NC1CC1C1CCCCC1. The minimum atomic E-state index is 0.258. The number of ether oxygens (including phenoxy) is 2. The number of hydrogen-bond donors (Lipinski definition) is 2. The van der Waals surface area contributed by atoms with Gasteiger partial charge in [-0.3, -0.25) is 4.99 Å². The first kappa shape index (κ1) is 17.0. The Kier molecular flexibility index (Phi) is 6.17. The number of hydrogen-bond acceptors (Lipinski definition) is 3. The molecule has 0 aromatic heterocycles. The smallest absolute Gasteiger partial charge is 0.191 e. The number of nitrogens with zero attached hydrogens (tertiary/aromatic N) is 1. The van der Waals surface area contributed by atoms with Crippen LogP contribution in [0.4, 0.5) is 0 Å². The van der Waals surface area contributed by atoms with Crippen LogP contribution in [0.5, 0.6) is 0 Å². The Morgan fingerprint density at radius 3 is 2.78 bits per heavy atom. The molecule has 1 saturated heterocycles. The van der Waals surface area contributed by atoms with Gasteiger partial charge in [-0.05, 0) is 31.6 Å². The molecule has 1 aliphatic heterocycles. The topological polar surface area (TPSA) is 54.9 Å². The summed E-state index contributed by atoms with van der Waals surface area (Å²) in [7, 11) is 1.85. The number of rotatable bonds is 6. The van der Waals surface area contributed by atoms with Crippen molar-refractivity contribution in [2.45, 2.75) is 70.1 Å². The Hall–Kier alpha value is -0.810. The third-order valence-corrected chi connectivity index (χ3v) is 5.49. The molecule has 2 N–H and O–H groups in total. The molecule has 23 heavy (non-hydrogen) atoms. The van der Waals surface area contributed by atoms with Crippen LogP contribution in [-0.4, -0.2) is 51.0 Å². The molecule has 2 aliphatic carbocycles. The lowest BCUT2D eigenvalue weighted by atomic mass is 9.85. The summed E-state index contributed by atoms with van der Waals surface area (Å²) in [4.78, 5) is 4.38. The van der Waals surface area contributed by atoms with Crippen molar-refractivity contribution in [1.82, 2.24) is 10.6 Å². The van der Waals surface area contributed by atoms with Crippen molar-refractivity contribution in [2.24, 2.45) is 16.8 Å². The van der Waals surface area contributed by atoms with E-state index >= 15 is 0 Å². The fraction of sp³-hybridized carbons (Fsp3) is 0.944. The number of guanidine groups is 1. The van der Waals surface area contributed by atoms with E-state index in [1.54, 1.807) is 0 Å². The Bertz CT molecular complexity index is 390. The minimum Gasteiger partial charge on any atom is -0.379 e. The van der Waals surface area contributed by atoms with E-state index in [9.17, 15) is 0 Å². The van der Waals surface area contributed by atoms with Crippen molar-refractivity contribution >= 4 is 5.96 Å². The van der Waals surface area contributed by atoms with Gasteiger partial charge in [-0.1, -0.05) is 32.1 Å². The van der Waals surface area contributed by atoms with E-state index in [-0.39, 0.29) is 12.1 Å². The first-order valence-electron chi connectivity index (χ1n) is 9.45. The van der Waals surface area contributed by atoms with Crippen molar-refractivity contribution in [3.05, 3.63) is 0 Å². The molecule has 4 atom stereocenters. The summed E-state index contributed by atoms with van der Waals surface area (Å²) in [5, 5.41) is 7.06. The van der Waals surface area contributed by atoms with Gasteiger partial charge in [0.15, 0.2) is 5.96 Å². The molecule has 4 unspecified atom stereocenters. The highest BCUT2D eigenvalue weighted by atomic mass is 16.5. The molecule has 5 heteroatoms. The fourth-order valence-corrected chi connectivity index (χ4v) is 4.01. The second-order valence-electron chi connectivity index (χ2n) is 7.49. The van der Waals surface area contributed by atoms with Gasteiger partial charge < -0.3 is 20.1 Å². The standard InChI is InChI=1S/C18H33N3O2/c1-13(11-23-15-8-9-22-12-15)20-18(19-2)21-17-10-16(17)14-6-4-3-5-7-14/h13-17H,3-12H2,1-2H3,(H2,19,20,21). The van der Waals surface area contributed by atoms with Crippen molar-refractivity contribution in [2.75, 3.05) is 26.9 Å². The largest absolute Gasteiger partial charge is 0.379 e. The zero-order valence-electron chi connectivity index (χ0n) is 14.7. The summed E-state index contributed by atoms with van der Waals surface area (Å²) in [5.74, 6) is 2.74. The predicted molar refractivity (Wildman–Crippen MR) is 92.7 cm³/mol. The zero-order valence-corrected chi connectivity index (χ0v) is 14.7.